The molecule has 290 valence electrons. The number of aliphatic imine (C=N–C) groups is 2. The molecular weight excluding hydrogens is 734 g/mol. The van der Waals surface area contributed by atoms with Gasteiger partial charge in [0.15, 0.2) is 5.75 Å². The minimum atomic E-state index is -0.960. The number of rotatable bonds is 20. The molecule has 20 nitrogen and oxygen atoms in total. The number of nitrogens with zero attached hydrogens (tertiary/aromatic N) is 6. The van der Waals surface area contributed by atoms with E-state index in [-0.39, 0.29) is 73.7 Å². The van der Waals surface area contributed by atoms with Crippen LogP contribution in [0.3, 0.4) is 0 Å². The number of anilines is 2. The van der Waals surface area contributed by atoms with Gasteiger partial charge >= 0.3 is 18.3 Å². The number of carbonyl (C=O) groups excluding carboxylic acids is 5. The summed E-state index contributed by atoms with van der Waals surface area (Å²) in [5.41, 5.74) is 6.92. The second-order valence-electron chi connectivity index (χ2n) is 10.7. The van der Waals surface area contributed by atoms with E-state index in [9.17, 15) is 34.1 Å². The Morgan fingerprint density at radius 1 is 0.911 bits per heavy atom. The van der Waals surface area contributed by atoms with Gasteiger partial charge in [0.25, 0.3) is 5.69 Å². The minimum Gasteiger partial charge on any atom is -0.487 e. The molecule has 4 N–H and O–H groups in total. The number of allylic oxidation sites excluding steroid dienone is 3. The molecule has 3 amide bonds. The third-order valence-corrected chi connectivity index (χ3v) is 6.79. The molecule has 0 aliphatic carbocycles. The zero-order valence-corrected chi connectivity index (χ0v) is 29.8. The van der Waals surface area contributed by atoms with E-state index in [1.54, 1.807) is 66.4 Å². The van der Waals surface area contributed by atoms with E-state index in [1.807, 2.05) is 0 Å². The summed E-state index contributed by atoms with van der Waals surface area (Å²) in [7, 11) is 0. The Balaban J connectivity index is 1.65. The second-order valence-corrected chi connectivity index (χ2v) is 10.7. The molecule has 0 aromatic heterocycles. The molecule has 0 radical (unpaired) electrons. The standard InChI is InChI=1S/C36H35N9O11/c1-3-5-28(20-25(2)38-23-46)40-35(49)55-17-15-44(14-16-54-34(37)48)30-10-8-26(9-11-30)42-43-32-13-12-31(45(51)52)22-33(32)53-18-19-56-36(50)41-29-7-4-6-27(21-29)39-24-47/h3-13,20-22H,2,14-19H2,1H3,(H2,37,48)(H,40,49)(H,41,50)/b5-3-,28-20+,43-42?. The quantitative estimate of drug-likeness (QED) is 0.0161. The number of hydrogen-bond acceptors (Lipinski definition) is 16. The average Bonchev–Trinajstić information content (AvgIpc) is 3.16. The molecule has 0 aliphatic rings. The molecule has 0 heterocycles. The average molecular weight is 770 g/mol. The Morgan fingerprint density at radius 2 is 1.64 bits per heavy atom. The van der Waals surface area contributed by atoms with Crippen molar-refractivity contribution >= 4 is 64.6 Å². The largest absolute Gasteiger partial charge is 0.487 e. The van der Waals surface area contributed by atoms with Crippen molar-refractivity contribution in [1.82, 2.24) is 5.32 Å². The summed E-state index contributed by atoms with van der Waals surface area (Å²) >= 11 is 0. The first-order valence-electron chi connectivity index (χ1n) is 16.3. The summed E-state index contributed by atoms with van der Waals surface area (Å²) in [6.45, 7) is 5.04. The van der Waals surface area contributed by atoms with Crippen molar-refractivity contribution < 1.29 is 47.8 Å². The molecule has 3 rings (SSSR count). The Labute approximate surface area is 318 Å². The van der Waals surface area contributed by atoms with Gasteiger partial charge in [0.2, 0.25) is 12.2 Å². The Bertz CT molecular complexity index is 2070. The van der Waals surface area contributed by atoms with Crippen LogP contribution < -0.4 is 26.0 Å². The van der Waals surface area contributed by atoms with Crippen molar-refractivity contribution in [3.8, 4) is 5.75 Å². The molecule has 0 spiro atoms. The van der Waals surface area contributed by atoms with E-state index in [2.05, 4.69) is 37.4 Å². The number of carbonyl (C=O) groups is 3. The van der Waals surface area contributed by atoms with Gasteiger partial charge in [0, 0.05) is 23.1 Å². The molecule has 3 aromatic rings. The summed E-state index contributed by atoms with van der Waals surface area (Å²) in [5.74, 6) is 0.000366. The Hall–Kier alpha value is -7.95. The van der Waals surface area contributed by atoms with Crippen molar-refractivity contribution in [1.29, 1.82) is 0 Å². The lowest BCUT2D eigenvalue weighted by molar-refractivity contribution is -0.384. The van der Waals surface area contributed by atoms with Crippen LogP contribution in [0.1, 0.15) is 6.92 Å². The van der Waals surface area contributed by atoms with Crippen LogP contribution in [0.4, 0.5) is 48.5 Å². The highest BCUT2D eigenvalue weighted by molar-refractivity contribution is 5.85. The monoisotopic (exact) mass is 769 g/mol. The van der Waals surface area contributed by atoms with E-state index in [0.717, 1.165) is 6.07 Å². The number of amides is 3. The number of non-ortho nitro benzene ring substituents is 1. The zero-order valence-electron chi connectivity index (χ0n) is 29.8. The third kappa shape index (κ3) is 15.3. The lowest BCUT2D eigenvalue weighted by Gasteiger charge is -2.24. The van der Waals surface area contributed by atoms with Crippen molar-refractivity contribution in [3.63, 3.8) is 0 Å². The van der Waals surface area contributed by atoms with Crippen LogP contribution in [0.25, 0.3) is 0 Å². The topological polar surface area (TPSA) is 268 Å². The molecule has 3 aromatic carbocycles. The lowest BCUT2D eigenvalue weighted by Crippen LogP contribution is -2.34. The maximum Gasteiger partial charge on any atom is 0.411 e. The second kappa shape index (κ2) is 22.9. The maximum absolute atomic E-state index is 12.4. The van der Waals surface area contributed by atoms with Gasteiger partial charge in [-0.3, -0.25) is 20.7 Å². The highest BCUT2D eigenvalue weighted by Crippen LogP contribution is 2.33. The molecule has 0 saturated carbocycles. The van der Waals surface area contributed by atoms with Crippen molar-refractivity contribution in [3.05, 3.63) is 113 Å². The molecule has 56 heavy (non-hydrogen) atoms. The summed E-state index contributed by atoms with van der Waals surface area (Å²) in [4.78, 5) is 76.1. The number of primary amides is 1. The van der Waals surface area contributed by atoms with Crippen LogP contribution in [-0.4, -0.2) is 74.9 Å². The summed E-state index contributed by atoms with van der Waals surface area (Å²) < 4.78 is 20.9. The van der Waals surface area contributed by atoms with Gasteiger partial charge in [0.1, 0.15) is 32.1 Å². The van der Waals surface area contributed by atoms with Gasteiger partial charge in [-0.15, -0.1) is 5.11 Å². The fourth-order valence-corrected chi connectivity index (χ4v) is 4.41. The highest BCUT2D eigenvalue weighted by Gasteiger charge is 2.14. The molecule has 0 aliphatic heterocycles. The lowest BCUT2D eigenvalue weighted by atomic mass is 10.2. The number of nitro groups is 1. The van der Waals surface area contributed by atoms with E-state index >= 15 is 0 Å². The van der Waals surface area contributed by atoms with Crippen LogP contribution in [-0.2, 0) is 23.8 Å². The van der Waals surface area contributed by atoms with Crippen LogP contribution in [0, 0.1) is 10.1 Å². The normalized spacial score (nSPS) is 10.8. The van der Waals surface area contributed by atoms with Gasteiger partial charge in [0.05, 0.1) is 41.2 Å². The molecule has 0 fully saturated rings. The maximum atomic E-state index is 12.4. The first-order valence-corrected chi connectivity index (χ1v) is 16.3. The van der Waals surface area contributed by atoms with Gasteiger partial charge in [-0.1, -0.05) is 18.7 Å². The van der Waals surface area contributed by atoms with E-state index in [1.165, 1.54) is 36.4 Å². The van der Waals surface area contributed by atoms with E-state index < -0.39 is 23.2 Å². The Morgan fingerprint density at radius 3 is 2.32 bits per heavy atom. The predicted molar refractivity (Wildman–Crippen MR) is 201 cm³/mol. The van der Waals surface area contributed by atoms with Crippen LogP contribution in [0.15, 0.2) is 123 Å². The van der Waals surface area contributed by atoms with Gasteiger partial charge < -0.3 is 29.6 Å². The number of nitrogens with two attached hydrogens (primary N) is 1. The van der Waals surface area contributed by atoms with Crippen molar-refractivity contribution in [2.75, 3.05) is 49.7 Å². The number of nitrogens with one attached hydrogen (secondary N) is 2. The molecule has 0 atom stereocenters. The first kappa shape index (κ1) is 42.5. The fraction of sp³-hybridized carbons (Fsp3) is 0.194. The van der Waals surface area contributed by atoms with Crippen molar-refractivity contribution in [2.24, 2.45) is 25.9 Å². The van der Waals surface area contributed by atoms with Crippen LogP contribution >= 0.6 is 0 Å². The number of nitro benzene ring substituents is 1. The molecule has 0 saturated heterocycles. The summed E-state index contributed by atoms with van der Waals surface area (Å²) in [6.07, 6.45) is 4.74. The number of benzene rings is 3. The summed E-state index contributed by atoms with van der Waals surface area (Å²) in [5, 5.41) is 24.8. The Kier molecular flexibility index (Phi) is 17.3. The first-order chi connectivity index (χ1) is 27.0. The summed E-state index contributed by atoms with van der Waals surface area (Å²) in [6, 6.07) is 16.4. The highest BCUT2D eigenvalue weighted by atomic mass is 16.6. The fourth-order valence-electron chi connectivity index (χ4n) is 4.41. The van der Waals surface area contributed by atoms with Gasteiger partial charge in [-0.2, -0.15) is 15.1 Å². The van der Waals surface area contributed by atoms with Crippen LogP contribution in [0.5, 0.6) is 5.75 Å². The molecule has 0 unspecified atom stereocenters. The zero-order chi connectivity index (χ0) is 40.7. The van der Waals surface area contributed by atoms with Gasteiger partial charge in [-0.05, 0) is 67.6 Å². The number of ether oxygens (including phenoxy) is 4. The van der Waals surface area contributed by atoms with Crippen LogP contribution in [0.2, 0.25) is 0 Å². The third-order valence-electron chi connectivity index (χ3n) is 6.79. The number of isocyanates is 2. The van der Waals surface area contributed by atoms with Gasteiger partial charge in [-0.25, -0.2) is 24.0 Å². The van der Waals surface area contributed by atoms with E-state index in [0.29, 0.717) is 17.1 Å². The number of hydrogen-bond donors (Lipinski definition) is 3. The SMILES string of the molecule is C=C(/C=C(\C=C/C)NC(=O)OCCN(CCOC(N)=O)c1ccc(N=Nc2ccc([N+](=O)[O-])cc2OCCOC(=O)Nc2cccc(N=C=O)c2)cc1)N=C=O. The minimum absolute atomic E-state index is 0.000366. The number of azo groups is 1. The molecule has 20 heteroatoms. The van der Waals surface area contributed by atoms with E-state index in [4.69, 9.17) is 24.7 Å². The molecule has 0 bridgehead atoms. The smallest absolute Gasteiger partial charge is 0.411 e. The number of alkyl carbamates (subject to hydrolysis) is 1. The van der Waals surface area contributed by atoms with Crippen molar-refractivity contribution in [2.45, 2.75) is 6.92 Å². The molecular formula is C36H35N9O11. The predicted octanol–water partition coefficient (Wildman–Crippen LogP) is 6.54.